The van der Waals surface area contributed by atoms with Crippen molar-refractivity contribution in [1.29, 1.82) is 0 Å². The second-order valence-electron chi connectivity index (χ2n) is 4.65. The molecule has 0 aromatic rings. The number of hydrogen-bond acceptors (Lipinski definition) is 5. The van der Waals surface area contributed by atoms with Crippen LogP contribution in [0.3, 0.4) is 0 Å². The zero-order valence-corrected chi connectivity index (χ0v) is 15.9. The Hall–Kier alpha value is -1.10. The molecular formula is C17H38O5. The first kappa shape index (κ1) is 29.0. The molecule has 22 heavy (non-hydrogen) atoms. The van der Waals surface area contributed by atoms with Crippen LogP contribution in [0.25, 0.3) is 0 Å². The van der Waals surface area contributed by atoms with E-state index in [1.807, 2.05) is 0 Å². The molecular weight excluding hydrogens is 284 g/mol. The lowest BCUT2D eigenvalue weighted by Crippen LogP contribution is -1.95. The molecule has 0 aliphatic carbocycles. The monoisotopic (exact) mass is 322 g/mol. The standard InChI is InChI=1S/C6H14.2C4H8O2.C3H8O/c1-3-5-6-4-2;2*1-3-6-4(2)5;1-3(2)4/h3-6H2,1-2H3;2*3H2,1-2H3;3-4H,1-2H3. The van der Waals surface area contributed by atoms with E-state index in [9.17, 15) is 9.59 Å². The van der Waals surface area contributed by atoms with Crippen molar-refractivity contribution in [2.24, 2.45) is 0 Å². The number of aliphatic hydroxyl groups excluding tert-OH is 1. The molecule has 0 fully saturated rings. The molecule has 5 heteroatoms. The van der Waals surface area contributed by atoms with Crippen molar-refractivity contribution in [3.8, 4) is 0 Å². The Bertz CT molecular complexity index is 192. The fourth-order valence-electron chi connectivity index (χ4n) is 0.907. The predicted octanol–water partition coefficient (Wildman–Crippen LogP) is 4.11. The minimum Gasteiger partial charge on any atom is -0.466 e. The molecule has 0 radical (unpaired) electrons. The van der Waals surface area contributed by atoms with Gasteiger partial charge in [0.05, 0.1) is 13.2 Å². The summed E-state index contributed by atoms with van der Waals surface area (Å²) in [6.07, 6.45) is 5.37. The normalized spacial score (nSPS) is 8.27. The van der Waals surface area contributed by atoms with E-state index in [-0.39, 0.29) is 18.0 Å². The van der Waals surface area contributed by atoms with Crippen LogP contribution in [-0.2, 0) is 19.1 Å². The molecule has 0 aliphatic heterocycles. The summed E-state index contributed by atoms with van der Waals surface area (Å²) < 4.78 is 8.81. The van der Waals surface area contributed by atoms with Crippen LogP contribution in [0.5, 0.6) is 0 Å². The lowest BCUT2D eigenvalue weighted by Gasteiger charge is -1.89. The van der Waals surface area contributed by atoms with Gasteiger partial charge in [-0.15, -0.1) is 0 Å². The maximum Gasteiger partial charge on any atom is 0.302 e. The van der Waals surface area contributed by atoms with Gasteiger partial charge in [0.15, 0.2) is 0 Å². The summed E-state index contributed by atoms with van der Waals surface area (Å²) in [5, 5.41) is 8.06. The fraction of sp³-hybridized carbons (Fsp3) is 0.882. The Kier molecular flexibility index (Phi) is 37.0. The maximum absolute atomic E-state index is 9.82. The second kappa shape index (κ2) is 28.1. The van der Waals surface area contributed by atoms with Crippen LogP contribution in [0, 0.1) is 0 Å². The van der Waals surface area contributed by atoms with Crippen LogP contribution in [0.4, 0.5) is 0 Å². The summed E-state index contributed by atoms with van der Waals surface area (Å²) in [5.74, 6) is -0.421. The van der Waals surface area contributed by atoms with Gasteiger partial charge >= 0.3 is 11.9 Å². The zero-order valence-electron chi connectivity index (χ0n) is 15.9. The van der Waals surface area contributed by atoms with E-state index in [2.05, 4.69) is 23.3 Å². The molecule has 0 saturated carbocycles. The number of hydrogen-bond donors (Lipinski definition) is 1. The Morgan fingerprint density at radius 1 is 0.818 bits per heavy atom. The molecule has 0 atom stereocenters. The summed E-state index contributed by atoms with van der Waals surface area (Å²) >= 11 is 0. The second-order valence-corrected chi connectivity index (χ2v) is 4.65. The number of ether oxygens (including phenoxy) is 2. The topological polar surface area (TPSA) is 72.8 Å². The summed E-state index contributed by atoms with van der Waals surface area (Å²) in [5.41, 5.74) is 0. The highest BCUT2D eigenvalue weighted by Gasteiger charge is 1.82. The van der Waals surface area contributed by atoms with Gasteiger partial charge in [-0.2, -0.15) is 0 Å². The minimum absolute atomic E-state index is 0.167. The molecule has 1 N–H and O–H groups in total. The van der Waals surface area contributed by atoms with Crippen LogP contribution in [0.15, 0.2) is 0 Å². The summed E-state index contributed by atoms with van der Waals surface area (Å²) in [4.78, 5) is 19.6. The van der Waals surface area contributed by atoms with Gasteiger partial charge in [0, 0.05) is 20.0 Å². The van der Waals surface area contributed by atoms with E-state index in [0.717, 1.165) is 0 Å². The number of aliphatic hydroxyl groups is 1. The van der Waals surface area contributed by atoms with E-state index in [4.69, 9.17) is 5.11 Å². The highest BCUT2D eigenvalue weighted by atomic mass is 16.5. The zero-order chi connectivity index (χ0) is 18.4. The van der Waals surface area contributed by atoms with Crippen molar-refractivity contribution < 1.29 is 24.2 Å². The van der Waals surface area contributed by atoms with E-state index in [1.165, 1.54) is 39.5 Å². The molecule has 0 aromatic carbocycles. The van der Waals surface area contributed by atoms with E-state index in [0.29, 0.717) is 13.2 Å². The highest BCUT2D eigenvalue weighted by Crippen LogP contribution is 1.95. The fourth-order valence-corrected chi connectivity index (χ4v) is 0.907. The average molecular weight is 322 g/mol. The van der Waals surface area contributed by atoms with Crippen LogP contribution < -0.4 is 0 Å². The molecule has 0 spiro atoms. The van der Waals surface area contributed by atoms with Gasteiger partial charge < -0.3 is 14.6 Å². The van der Waals surface area contributed by atoms with Gasteiger partial charge in [-0.1, -0.05) is 39.5 Å². The first-order valence-electron chi connectivity index (χ1n) is 8.14. The Balaban J connectivity index is -0.0000000994. The van der Waals surface area contributed by atoms with Crippen LogP contribution in [-0.4, -0.2) is 36.4 Å². The molecule has 0 heterocycles. The maximum atomic E-state index is 9.82. The minimum atomic E-state index is -0.211. The molecule has 0 amide bonds. The molecule has 0 aliphatic rings. The lowest BCUT2D eigenvalue weighted by atomic mass is 10.2. The largest absolute Gasteiger partial charge is 0.466 e. The number of rotatable bonds is 5. The Morgan fingerprint density at radius 3 is 1.09 bits per heavy atom. The smallest absolute Gasteiger partial charge is 0.302 e. The van der Waals surface area contributed by atoms with Gasteiger partial charge in [0.1, 0.15) is 0 Å². The average Bonchev–Trinajstić information content (AvgIpc) is 2.36. The molecule has 0 bridgehead atoms. The Morgan fingerprint density at radius 2 is 1.05 bits per heavy atom. The molecule has 0 unspecified atom stereocenters. The van der Waals surface area contributed by atoms with Crippen LogP contribution in [0.1, 0.15) is 81.1 Å². The van der Waals surface area contributed by atoms with Gasteiger partial charge in [-0.3, -0.25) is 9.59 Å². The molecule has 0 saturated heterocycles. The van der Waals surface area contributed by atoms with Crippen molar-refractivity contribution in [1.82, 2.24) is 0 Å². The van der Waals surface area contributed by atoms with Gasteiger partial charge in [0.2, 0.25) is 0 Å². The van der Waals surface area contributed by atoms with Crippen molar-refractivity contribution in [3.63, 3.8) is 0 Å². The SMILES string of the molecule is CC(C)O.CCCCCC.CCOC(C)=O.CCOC(C)=O. The van der Waals surface area contributed by atoms with Crippen LogP contribution >= 0.6 is 0 Å². The third kappa shape index (κ3) is 97.0. The third-order valence-electron chi connectivity index (χ3n) is 1.65. The predicted molar refractivity (Wildman–Crippen MR) is 91.8 cm³/mol. The first-order chi connectivity index (χ1) is 10.2. The van der Waals surface area contributed by atoms with E-state index >= 15 is 0 Å². The molecule has 136 valence electrons. The van der Waals surface area contributed by atoms with Crippen LogP contribution in [0.2, 0.25) is 0 Å². The van der Waals surface area contributed by atoms with E-state index < -0.39 is 0 Å². The summed E-state index contributed by atoms with van der Waals surface area (Å²) in [7, 11) is 0. The third-order valence-corrected chi connectivity index (χ3v) is 1.65. The van der Waals surface area contributed by atoms with Crippen molar-refractivity contribution >= 4 is 11.9 Å². The number of carbonyl (C=O) groups excluding carboxylic acids is 2. The van der Waals surface area contributed by atoms with Crippen molar-refractivity contribution in [2.45, 2.75) is 87.2 Å². The summed E-state index contributed by atoms with van der Waals surface area (Å²) in [6, 6.07) is 0. The van der Waals surface area contributed by atoms with Gasteiger partial charge in [0.25, 0.3) is 0 Å². The lowest BCUT2D eigenvalue weighted by molar-refractivity contribution is -0.141. The number of esters is 2. The molecule has 0 aromatic heterocycles. The first-order valence-corrected chi connectivity index (χ1v) is 8.14. The van der Waals surface area contributed by atoms with Gasteiger partial charge in [-0.05, 0) is 27.7 Å². The number of carbonyl (C=O) groups is 2. The highest BCUT2D eigenvalue weighted by molar-refractivity contribution is 5.66. The van der Waals surface area contributed by atoms with E-state index in [1.54, 1.807) is 27.7 Å². The quantitative estimate of drug-likeness (QED) is 0.609. The summed E-state index contributed by atoms with van der Waals surface area (Å²) in [6.45, 7) is 15.2. The molecule has 5 nitrogen and oxygen atoms in total. The number of unbranched alkanes of at least 4 members (excludes halogenated alkanes) is 3. The van der Waals surface area contributed by atoms with Crippen molar-refractivity contribution in [2.75, 3.05) is 13.2 Å². The van der Waals surface area contributed by atoms with Gasteiger partial charge in [-0.25, -0.2) is 0 Å². The Labute approximate surface area is 137 Å². The molecule has 0 rings (SSSR count). The van der Waals surface area contributed by atoms with Crippen molar-refractivity contribution in [3.05, 3.63) is 0 Å².